The van der Waals surface area contributed by atoms with E-state index in [2.05, 4.69) is 20.6 Å². The Kier molecular flexibility index (Phi) is 4.82. The molecule has 0 bridgehead atoms. The Labute approximate surface area is 124 Å². The van der Waals surface area contributed by atoms with Crippen LogP contribution in [-0.2, 0) is 0 Å². The second-order valence-corrected chi connectivity index (χ2v) is 5.74. The number of hydrogen-bond donors (Lipinski definition) is 3. The average Bonchev–Trinajstić information content (AvgIpc) is 2.37. The van der Waals surface area contributed by atoms with Gasteiger partial charge in [0.1, 0.15) is 0 Å². The van der Waals surface area contributed by atoms with Crippen LogP contribution in [-0.4, -0.2) is 41.2 Å². The third-order valence-corrected chi connectivity index (χ3v) is 3.41. The fourth-order valence-electron chi connectivity index (χ4n) is 2.44. The van der Waals surface area contributed by atoms with Gasteiger partial charge in [0.25, 0.3) is 5.56 Å². The van der Waals surface area contributed by atoms with Crippen molar-refractivity contribution < 1.29 is 4.79 Å². The number of anilines is 1. The Morgan fingerprint density at radius 3 is 2.67 bits per heavy atom. The fraction of sp³-hybridized carbons (Fsp3) is 0.643. The molecule has 1 aromatic rings. The highest BCUT2D eigenvalue weighted by atomic mass is 16.2. The minimum Gasteiger partial charge on any atom is -0.342 e. The van der Waals surface area contributed by atoms with Crippen LogP contribution in [0, 0.1) is 6.92 Å². The van der Waals surface area contributed by atoms with Crippen molar-refractivity contribution >= 4 is 12.0 Å². The van der Waals surface area contributed by atoms with E-state index in [1.165, 1.54) is 6.07 Å². The van der Waals surface area contributed by atoms with Gasteiger partial charge in [-0.25, -0.2) is 9.78 Å². The first kappa shape index (κ1) is 15.3. The van der Waals surface area contributed by atoms with Crippen LogP contribution in [0.4, 0.5) is 10.7 Å². The smallest absolute Gasteiger partial charge is 0.315 e. The van der Waals surface area contributed by atoms with Crippen LogP contribution in [0.25, 0.3) is 0 Å². The summed E-state index contributed by atoms with van der Waals surface area (Å²) < 4.78 is 0. The van der Waals surface area contributed by atoms with Crippen molar-refractivity contribution in [3.05, 3.63) is 22.1 Å². The summed E-state index contributed by atoms with van der Waals surface area (Å²) in [6.07, 6.45) is 1.67. The molecule has 1 aliphatic rings. The van der Waals surface area contributed by atoms with Gasteiger partial charge in [0, 0.05) is 36.9 Å². The summed E-state index contributed by atoms with van der Waals surface area (Å²) in [5.74, 6) is 0.616. The van der Waals surface area contributed by atoms with Crippen molar-refractivity contribution in [2.24, 2.45) is 0 Å². The standard InChI is InChI=1S/C14H23N5O2/c1-9(2)15-14(21)17-11-4-6-19(7-5-11)13-16-10(3)8-12(20)18-13/h8-9,11H,4-7H2,1-3H3,(H2,15,17,21)(H,16,18,20). The number of H-pyrrole nitrogens is 1. The molecule has 2 heterocycles. The molecule has 1 fully saturated rings. The zero-order valence-corrected chi connectivity index (χ0v) is 12.8. The lowest BCUT2D eigenvalue weighted by Gasteiger charge is -2.32. The molecule has 3 N–H and O–H groups in total. The molecule has 0 saturated carbocycles. The maximum atomic E-state index is 11.7. The van der Waals surface area contributed by atoms with E-state index in [-0.39, 0.29) is 23.7 Å². The third-order valence-electron chi connectivity index (χ3n) is 3.41. The minimum absolute atomic E-state index is 0.120. The first-order chi connectivity index (χ1) is 9.94. The summed E-state index contributed by atoms with van der Waals surface area (Å²) in [6.45, 7) is 7.20. The molecule has 7 nitrogen and oxygen atoms in total. The maximum absolute atomic E-state index is 11.7. The Bertz CT molecular complexity index is 547. The molecule has 0 spiro atoms. The molecule has 0 aliphatic carbocycles. The number of carbonyl (C=O) groups is 1. The number of amides is 2. The van der Waals surface area contributed by atoms with Crippen LogP contribution in [0.3, 0.4) is 0 Å². The lowest BCUT2D eigenvalue weighted by Crippen LogP contribution is -2.49. The van der Waals surface area contributed by atoms with E-state index in [1.807, 2.05) is 25.7 Å². The molecular weight excluding hydrogens is 270 g/mol. The van der Waals surface area contributed by atoms with E-state index in [9.17, 15) is 9.59 Å². The Morgan fingerprint density at radius 2 is 2.10 bits per heavy atom. The molecule has 2 rings (SSSR count). The number of hydrogen-bond acceptors (Lipinski definition) is 4. The highest BCUT2D eigenvalue weighted by Crippen LogP contribution is 2.15. The Balaban J connectivity index is 1.88. The van der Waals surface area contributed by atoms with Crippen LogP contribution in [0.5, 0.6) is 0 Å². The Morgan fingerprint density at radius 1 is 1.43 bits per heavy atom. The van der Waals surface area contributed by atoms with Gasteiger partial charge in [-0.3, -0.25) is 9.78 Å². The topological polar surface area (TPSA) is 90.1 Å². The molecule has 0 unspecified atom stereocenters. The molecule has 1 aliphatic heterocycles. The van der Waals surface area contributed by atoms with Gasteiger partial charge in [0.05, 0.1) is 0 Å². The zero-order valence-electron chi connectivity index (χ0n) is 12.8. The van der Waals surface area contributed by atoms with Crippen molar-refractivity contribution in [3.63, 3.8) is 0 Å². The molecule has 1 aromatic heterocycles. The molecule has 0 aromatic carbocycles. The van der Waals surface area contributed by atoms with Gasteiger partial charge in [0.15, 0.2) is 0 Å². The van der Waals surface area contributed by atoms with E-state index in [0.717, 1.165) is 25.9 Å². The number of rotatable bonds is 3. The first-order valence-corrected chi connectivity index (χ1v) is 7.34. The molecule has 0 atom stereocenters. The fourth-order valence-corrected chi connectivity index (χ4v) is 2.44. The van der Waals surface area contributed by atoms with Crippen molar-refractivity contribution in [2.45, 2.75) is 45.7 Å². The largest absolute Gasteiger partial charge is 0.342 e. The monoisotopic (exact) mass is 293 g/mol. The highest BCUT2D eigenvalue weighted by Gasteiger charge is 2.22. The molecule has 1 saturated heterocycles. The average molecular weight is 293 g/mol. The summed E-state index contributed by atoms with van der Waals surface area (Å²) in [5.41, 5.74) is 0.583. The van der Waals surface area contributed by atoms with Crippen LogP contribution < -0.4 is 21.1 Å². The SMILES string of the molecule is Cc1cc(=O)[nH]c(N2CCC(NC(=O)NC(C)C)CC2)n1. The number of urea groups is 1. The molecule has 21 heavy (non-hydrogen) atoms. The molecule has 116 valence electrons. The highest BCUT2D eigenvalue weighted by molar-refractivity contribution is 5.74. The number of aromatic amines is 1. The summed E-state index contributed by atoms with van der Waals surface area (Å²) in [5, 5.41) is 5.80. The van der Waals surface area contributed by atoms with E-state index in [1.54, 1.807) is 0 Å². The van der Waals surface area contributed by atoms with E-state index < -0.39 is 0 Å². The van der Waals surface area contributed by atoms with Gasteiger partial charge in [-0.1, -0.05) is 0 Å². The minimum atomic E-state index is -0.131. The van der Waals surface area contributed by atoms with Crippen molar-refractivity contribution in [1.29, 1.82) is 0 Å². The van der Waals surface area contributed by atoms with Crippen LogP contribution >= 0.6 is 0 Å². The van der Waals surface area contributed by atoms with E-state index in [4.69, 9.17) is 0 Å². The normalized spacial score (nSPS) is 16.1. The van der Waals surface area contributed by atoms with Crippen LogP contribution in [0.1, 0.15) is 32.4 Å². The number of aromatic nitrogens is 2. The van der Waals surface area contributed by atoms with Gasteiger partial charge in [-0.2, -0.15) is 0 Å². The van der Waals surface area contributed by atoms with Crippen molar-refractivity contribution in [2.75, 3.05) is 18.0 Å². The summed E-state index contributed by atoms with van der Waals surface area (Å²) >= 11 is 0. The quantitative estimate of drug-likeness (QED) is 0.767. The predicted octanol–water partition coefficient (Wildman–Crippen LogP) is 0.755. The molecule has 0 radical (unpaired) electrons. The molecular formula is C14H23N5O2. The summed E-state index contributed by atoms with van der Waals surface area (Å²) in [4.78, 5) is 32.3. The number of nitrogens with one attached hydrogen (secondary N) is 3. The summed E-state index contributed by atoms with van der Waals surface area (Å²) in [6, 6.07) is 1.65. The van der Waals surface area contributed by atoms with Gasteiger partial charge >= 0.3 is 6.03 Å². The van der Waals surface area contributed by atoms with E-state index in [0.29, 0.717) is 11.6 Å². The molecule has 7 heteroatoms. The van der Waals surface area contributed by atoms with Gasteiger partial charge in [0.2, 0.25) is 5.95 Å². The second-order valence-electron chi connectivity index (χ2n) is 5.74. The van der Waals surface area contributed by atoms with Gasteiger partial charge in [-0.05, 0) is 33.6 Å². The van der Waals surface area contributed by atoms with Crippen LogP contribution in [0.2, 0.25) is 0 Å². The van der Waals surface area contributed by atoms with E-state index >= 15 is 0 Å². The van der Waals surface area contributed by atoms with Crippen molar-refractivity contribution in [3.8, 4) is 0 Å². The second kappa shape index (κ2) is 6.60. The number of aryl methyl sites for hydroxylation is 1. The summed E-state index contributed by atoms with van der Waals surface area (Å²) in [7, 11) is 0. The number of nitrogens with zero attached hydrogens (tertiary/aromatic N) is 2. The van der Waals surface area contributed by atoms with Crippen LogP contribution in [0.15, 0.2) is 10.9 Å². The lowest BCUT2D eigenvalue weighted by molar-refractivity contribution is 0.232. The first-order valence-electron chi connectivity index (χ1n) is 7.34. The zero-order chi connectivity index (χ0) is 15.4. The van der Waals surface area contributed by atoms with Gasteiger partial charge in [-0.15, -0.1) is 0 Å². The molecule has 2 amide bonds. The maximum Gasteiger partial charge on any atom is 0.315 e. The van der Waals surface area contributed by atoms with Gasteiger partial charge < -0.3 is 15.5 Å². The third kappa shape index (κ3) is 4.47. The lowest BCUT2D eigenvalue weighted by atomic mass is 10.1. The Hall–Kier alpha value is -2.05. The number of carbonyl (C=O) groups excluding carboxylic acids is 1. The van der Waals surface area contributed by atoms with Crippen molar-refractivity contribution in [1.82, 2.24) is 20.6 Å². The predicted molar refractivity (Wildman–Crippen MR) is 81.6 cm³/mol. The number of piperidine rings is 1.